The number of aliphatic hydroxyl groups excluding tert-OH is 1. The molecule has 0 unspecified atom stereocenters. The molecule has 1 saturated carbocycles. The molecular weight excluding hydrogens is 208 g/mol. The second-order valence-electron chi connectivity index (χ2n) is 4.14. The van der Waals surface area contributed by atoms with Gasteiger partial charge in [0.05, 0.1) is 24.9 Å². The number of furan rings is 1. The predicted molar refractivity (Wildman–Crippen MR) is 56.7 cm³/mol. The van der Waals surface area contributed by atoms with Gasteiger partial charge in [-0.05, 0) is 26.0 Å². The van der Waals surface area contributed by atoms with E-state index in [2.05, 4.69) is 0 Å². The third-order valence-electron chi connectivity index (χ3n) is 3.06. The second-order valence-corrected chi connectivity index (χ2v) is 4.14. The summed E-state index contributed by atoms with van der Waals surface area (Å²) in [5.41, 5.74) is 0. The first kappa shape index (κ1) is 11.2. The highest BCUT2D eigenvalue weighted by Crippen LogP contribution is 2.56. The lowest BCUT2D eigenvalue weighted by Gasteiger charge is -2.01. The number of hydrogen-bond donors (Lipinski definition) is 1. The van der Waals surface area contributed by atoms with Crippen LogP contribution in [0.2, 0.25) is 0 Å². The minimum atomic E-state index is -0.524. The summed E-state index contributed by atoms with van der Waals surface area (Å²) in [5.74, 6) is 0.143. The average Bonchev–Trinajstić information content (AvgIpc) is 2.76. The molecule has 1 aromatic rings. The van der Waals surface area contributed by atoms with Crippen LogP contribution >= 0.6 is 0 Å². The highest BCUT2D eigenvalue weighted by molar-refractivity contribution is 5.78. The van der Waals surface area contributed by atoms with Crippen LogP contribution in [0.5, 0.6) is 0 Å². The molecule has 0 spiro atoms. The fourth-order valence-corrected chi connectivity index (χ4v) is 2.32. The van der Waals surface area contributed by atoms with Gasteiger partial charge in [0, 0.05) is 11.8 Å². The number of esters is 1. The fraction of sp³-hybridized carbons (Fsp3) is 0.583. The molecule has 1 N–H and O–H groups in total. The topological polar surface area (TPSA) is 59.7 Å². The first-order valence-corrected chi connectivity index (χ1v) is 5.55. The fourth-order valence-electron chi connectivity index (χ4n) is 2.32. The normalized spacial score (nSPS) is 29.8. The van der Waals surface area contributed by atoms with Crippen LogP contribution in [0.3, 0.4) is 0 Å². The van der Waals surface area contributed by atoms with Crippen LogP contribution in [0.15, 0.2) is 22.8 Å². The molecule has 4 nitrogen and oxygen atoms in total. The van der Waals surface area contributed by atoms with Gasteiger partial charge in [0.25, 0.3) is 0 Å². The SMILES string of the molecule is CCOC(=O)[C@@H]1[C@@H](c2ccco2)[C@H]1[C@H](C)O. The number of rotatable bonds is 4. The summed E-state index contributed by atoms with van der Waals surface area (Å²) in [7, 11) is 0. The van der Waals surface area contributed by atoms with Crippen molar-refractivity contribution < 1.29 is 19.1 Å². The van der Waals surface area contributed by atoms with Gasteiger partial charge in [0.15, 0.2) is 0 Å². The zero-order chi connectivity index (χ0) is 11.7. The van der Waals surface area contributed by atoms with Crippen LogP contribution in [0.4, 0.5) is 0 Å². The summed E-state index contributed by atoms with van der Waals surface area (Å²) in [6.07, 6.45) is 1.05. The van der Waals surface area contributed by atoms with Crippen LogP contribution in [0.1, 0.15) is 25.5 Å². The van der Waals surface area contributed by atoms with Gasteiger partial charge in [-0.3, -0.25) is 4.79 Å². The lowest BCUT2D eigenvalue weighted by atomic mass is 10.2. The Labute approximate surface area is 94.2 Å². The van der Waals surface area contributed by atoms with Crippen molar-refractivity contribution in [1.29, 1.82) is 0 Å². The Morgan fingerprint density at radius 1 is 1.69 bits per heavy atom. The summed E-state index contributed by atoms with van der Waals surface area (Å²) in [5, 5.41) is 9.60. The quantitative estimate of drug-likeness (QED) is 0.788. The second kappa shape index (κ2) is 4.29. The molecule has 0 aromatic carbocycles. The molecule has 1 heterocycles. The Morgan fingerprint density at radius 2 is 2.44 bits per heavy atom. The summed E-state index contributed by atoms with van der Waals surface area (Å²) in [6.45, 7) is 3.84. The predicted octanol–water partition coefficient (Wildman–Crippen LogP) is 1.55. The molecule has 1 fully saturated rings. The number of hydrogen-bond acceptors (Lipinski definition) is 4. The minimum absolute atomic E-state index is 0.0333. The molecule has 1 aromatic heterocycles. The van der Waals surface area contributed by atoms with Crippen LogP contribution in [-0.4, -0.2) is 23.8 Å². The van der Waals surface area contributed by atoms with Crippen LogP contribution in [0, 0.1) is 11.8 Å². The van der Waals surface area contributed by atoms with Gasteiger partial charge >= 0.3 is 5.97 Å². The van der Waals surface area contributed by atoms with E-state index in [0.29, 0.717) is 6.61 Å². The van der Waals surface area contributed by atoms with Crippen molar-refractivity contribution in [3.8, 4) is 0 Å². The molecule has 4 heteroatoms. The maximum absolute atomic E-state index is 11.7. The summed E-state index contributed by atoms with van der Waals surface area (Å²) in [4.78, 5) is 11.7. The standard InChI is InChI=1S/C12H16O4/c1-3-15-12(14)11-9(7(2)13)10(11)8-5-4-6-16-8/h4-7,9-11,13H,3H2,1-2H3/t7-,9+,10-,11-/m0/s1. The van der Waals surface area contributed by atoms with Gasteiger partial charge in [-0.2, -0.15) is 0 Å². The third-order valence-corrected chi connectivity index (χ3v) is 3.06. The molecular formula is C12H16O4. The van der Waals surface area contributed by atoms with E-state index in [1.807, 2.05) is 6.07 Å². The smallest absolute Gasteiger partial charge is 0.310 e. The molecule has 1 aliphatic rings. The van der Waals surface area contributed by atoms with E-state index >= 15 is 0 Å². The molecule has 0 aliphatic heterocycles. The largest absolute Gasteiger partial charge is 0.469 e. The third kappa shape index (κ3) is 1.85. The Morgan fingerprint density at radius 3 is 2.94 bits per heavy atom. The van der Waals surface area contributed by atoms with E-state index in [1.54, 1.807) is 26.2 Å². The van der Waals surface area contributed by atoms with Gasteiger partial charge in [-0.15, -0.1) is 0 Å². The molecule has 2 rings (SSSR count). The van der Waals surface area contributed by atoms with Gasteiger partial charge in [0.1, 0.15) is 5.76 Å². The van der Waals surface area contributed by atoms with Crippen molar-refractivity contribution in [1.82, 2.24) is 0 Å². The van der Waals surface area contributed by atoms with E-state index in [4.69, 9.17) is 9.15 Å². The van der Waals surface area contributed by atoms with Crippen LogP contribution in [-0.2, 0) is 9.53 Å². The maximum atomic E-state index is 11.7. The number of carbonyl (C=O) groups excluding carboxylic acids is 1. The monoisotopic (exact) mass is 224 g/mol. The van der Waals surface area contributed by atoms with E-state index in [9.17, 15) is 9.90 Å². The Hall–Kier alpha value is -1.29. The van der Waals surface area contributed by atoms with Gasteiger partial charge in [-0.1, -0.05) is 0 Å². The molecule has 0 bridgehead atoms. The Balaban J connectivity index is 2.11. The molecule has 4 atom stereocenters. The highest BCUT2D eigenvalue weighted by atomic mass is 16.5. The van der Waals surface area contributed by atoms with Crippen LogP contribution < -0.4 is 0 Å². The van der Waals surface area contributed by atoms with E-state index < -0.39 is 6.10 Å². The Bertz CT molecular complexity index is 355. The van der Waals surface area contributed by atoms with Crippen molar-refractivity contribution in [3.63, 3.8) is 0 Å². The van der Waals surface area contributed by atoms with Crippen molar-refractivity contribution in [2.75, 3.05) is 6.61 Å². The van der Waals surface area contributed by atoms with Crippen molar-refractivity contribution in [2.45, 2.75) is 25.9 Å². The highest BCUT2D eigenvalue weighted by Gasteiger charge is 2.60. The minimum Gasteiger partial charge on any atom is -0.469 e. The maximum Gasteiger partial charge on any atom is 0.310 e. The van der Waals surface area contributed by atoms with Crippen molar-refractivity contribution in [3.05, 3.63) is 24.2 Å². The summed E-state index contributed by atoms with van der Waals surface area (Å²) in [6, 6.07) is 3.62. The van der Waals surface area contributed by atoms with Gasteiger partial charge in [-0.25, -0.2) is 0 Å². The van der Waals surface area contributed by atoms with Crippen molar-refractivity contribution in [2.24, 2.45) is 11.8 Å². The lowest BCUT2D eigenvalue weighted by molar-refractivity contribution is -0.145. The molecule has 88 valence electrons. The first-order valence-electron chi connectivity index (χ1n) is 5.55. The summed E-state index contributed by atoms with van der Waals surface area (Å²) < 4.78 is 10.3. The Kier molecular flexibility index (Phi) is 3.01. The zero-order valence-electron chi connectivity index (χ0n) is 9.42. The lowest BCUT2D eigenvalue weighted by Crippen LogP contribution is -2.12. The summed E-state index contributed by atoms with van der Waals surface area (Å²) >= 11 is 0. The van der Waals surface area contributed by atoms with E-state index in [1.165, 1.54) is 0 Å². The molecule has 1 aliphatic carbocycles. The van der Waals surface area contributed by atoms with Gasteiger partial charge < -0.3 is 14.3 Å². The van der Waals surface area contributed by atoms with Gasteiger partial charge in [0.2, 0.25) is 0 Å². The zero-order valence-corrected chi connectivity index (χ0v) is 9.42. The van der Waals surface area contributed by atoms with E-state index in [0.717, 1.165) is 5.76 Å². The molecule has 0 radical (unpaired) electrons. The van der Waals surface area contributed by atoms with Crippen molar-refractivity contribution >= 4 is 5.97 Å². The molecule has 0 saturated heterocycles. The number of carbonyl (C=O) groups is 1. The molecule has 16 heavy (non-hydrogen) atoms. The molecule has 0 amide bonds. The average molecular weight is 224 g/mol. The number of aliphatic hydroxyl groups is 1. The van der Waals surface area contributed by atoms with Crippen LogP contribution in [0.25, 0.3) is 0 Å². The van der Waals surface area contributed by atoms with E-state index in [-0.39, 0.29) is 23.7 Å². The first-order chi connectivity index (χ1) is 7.66. The number of ether oxygens (including phenoxy) is 1.